The van der Waals surface area contributed by atoms with Gasteiger partial charge >= 0.3 is 0 Å². The minimum Gasteiger partial charge on any atom is -0.208 e. The van der Waals surface area contributed by atoms with E-state index < -0.39 is 10.0 Å². The van der Waals surface area contributed by atoms with Crippen molar-refractivity contribution < 1.29 is 8.42 Å². The van der Waals surface area contributed by atoms with Gasteiger partial charge in [-0.05, 0) is 6.42 Å². The fraction of sp³-hybridized carbons (Fsp3) is 0.714. The third kappa shape index (κ3) is 3.03. The Balaban J connectivity index is 4.37. The first-order chi connectivity index (χ1) is 5.08. The molecule has 0 bridgehead atoms. The van der Waals surface area contributed by atoms with Crippen molar-refractivity contribution in [1.82, 2.24) is 4.31 Å². The maximum Gasteiger partial charge on any atom is 0.235 e. The molecule has 0 aromatic rings. The fourth-order valence-electron chi connectivity index (χ4n) is 0.820. The Morgan fingerprint density at radius 1 is 1.45 bits per heavy atom. The van der Waals surface area contributed by atoms with Crippen LogP contribution < -0.4 is 0 Å². The third-order valence-electron chi connectivity index (χ3n) is 1.40. The minimum absolute atomic E-state index is 0.516. The predicted octanol–water partition coefficient (Wildman–Crippen LogP) is 1.19. The van der Waals surface area contributed by atoms with Crippen molar-refractivity contribution in [2.24, 2.45) is 0 Å². The van der Waals surface area contributed by atoms with Gasteiger partial charge in [0, 0.05) is 18.5 Å². The smallest absolute Gasteiger partial charge is 0.208 e. The van der Waals surface area contributed by atoms with E-state index in [4.69, 9.17) is 0 Å². The van der Waals surface area contributed by atoms with E-state index in [0.717, 1.165) is 11.8 Å². The zero-order valence-corrected chi connectivity index (χ0v) is 7.89. The van der Waals surface area contributed by atoms with Crippen molar-refractivity contribution in [2.75, 3.05) is 13.1 Å². The molecule has 0 saturated heterocycles. The summed E-state index contributed by atoms with van der Waals surface area (Å²) in [6.07, 6.45) is 0.834. The molecule has 4 heteroatoms. The topological polar surface area (TPSA) is 37.4 Å². The first kappa shape index (κ1) is 10.7. The summed E-state index contributed by atoms with van der Waals surface area (Å²) >= 11 is 0. The first-order valence-electron chi connectivity index (χ1n) is 3.71. The molecule has 0 aliphatic heterocycles. The summed E-state index contributed by atoms with van der Waals surface area (Å²) in [5.41, 5.74) is 0. The van der Waals surface area contributed by atoms with Gasteiger partial charge in [0.2, 0.25) is 10.0 Å². The van der Waals surface area contributed by atoms with Gasteiger partial charge in [0.15, 0.2) is 0 Å². The van der Waals surface area contributed by atoms with Gasteiger partial charge in [-0.2, -0.15) is 4.31 Å². The van der Waals surface area contributed by atoms with E-state index in [2.05, 4.69) is 6.58 Å². The Bertz CT molecular complexity index is 208. The van der Waals surface area contributed by atoms with Crippen molar-refractivity contribution in [1.29, 1.82) is 0 Å². The SMILES string of the molecule is C=CS(=O)(=O)N(CC)CCC. The van der Waals surface area contributed by atoms with Crippen LogP contribution in [0, 0.1) is 0 Å². The van der Waals surface area contributed by atoms with Crippen LogP contribution in [0.5, 0.6) is 0 Å². The molecule has 0 unspecified atom stereocenters. The maximum absolute atomic E-state index is 11.1. The average molecular weight is 177 g/mol. The molecule has 0 aromatic carbocycles. The van der Waals surface area contributed by atoms with E-state index in [0.29, 0.717) is 13.1 Å². The summed E-state index contributed by atoms with van der Waals surface area (Å²) < 4.78 is 23.7. The number of nitrogens with zero attached hydrogens (tertiary/aromatic N) is 1. The van der Waals surface area contributed by atoms with Gasteiger partial charge < -0.3 is 0 Å². The lowest BCUT2D eigenvalue weighted by Gasteiger charge is -2.16. The highest BCUT2D eigenvalue weighted by molar-refractivity contribution is 7.92. The number of rotatable bonds is 5. The molecule has 66 valence electrons. The Hall–Kier alpha value is -0.350. The van der Waals surface area contributed by atoms with Crippen molar-refractivity contribution in [3.8, 4) is 0 Å². The summed E-state index contributed by atoms with van der Waals surface area (Å²) in [4.78, 5) is 0. The number of hydrogen-bond acceptors (Lipinski definition) is 2. The summed E-state index contributed by atoms with van der Waals surface area (Å²) in [5.74, 6) is 0. The van der Waals surface area contributed by atoms with Crippen LogP contribution in [0.25, 0.3) is 0 Å². The molecule has 0 heterocycles. The van der Waals surface area contributed by atoms with Crippen molar-refractivity contribution in [3.63, 3.8) is 0 Å². The molecule has 11 heavy (non-hydrogen) atoms. The summed E-state index contributed by atoms with van der Waals surface area (Å²) in [5, 5.41) is 0.992. The van der Waals surface area contributed by atoms with Crippen molar-refractivity contribution >= 4 is 10.0 Å². The predicted molar refractivity (Wildman–Crippen MR) is 46.7 cm³/mol. The Labute approximate surface area is 68.8 Å². The molecule has 0 radical (unpaired) electrons. The molecule has 0 atom stereocenters. The van der Waals surface area contributed by atoms with E-state index >= 15 is 0 Å². The highest BCUT2D eigenvalue weighted by Gasteiger charge is 2.13. The lowest BCUT2D eigenvalue weighted by molar-refractivity contribution is 0.434. The van der Waals surface area contributed by atoms with Crippen LogP contribution in [0.1, 0.15) is 20.3 Å². The average Bonchev–Trinajstić information content (AvgIpc) is 2.00. The molecule has 0 fully saturated rings. The molecule has 0 aliphatic carbocycles. The molecular formula is C7H15NO2S. The maximum atomic E-state index is 11.1. The third-order valence-corrected chi connectivity index (χ3v) is 2.98. The highest BCUT2D eigenvalue weighted by atomic mass is 32.2. The normalized spacial score (nSPS) is 11.9. The van der Waals surface area contributed by atoms with Crippen LogP contribution in [0.15, 0.2) is 12.0 Å². The molecular weight excluding hydrogens is 162 g/mol. The van der Waals surface area contributed by atoms with E-state index in [1.54, 1.807) is 0 Å². The second kappa shape index (κ2) is 4.51. The molecule has 0 aliphatic rings. The first-order valence-corrected chi connectivity index (χ1v) is 5.21. The zero-order chi connectivity index (χ0) is 8.91. The second-order valence-electron chi connectivity index (χ2n) is 2.20. The van der Waals surface area contributed by atoms with Crippen LogP contribution in [0.4, 0.5) is 0 Å². The summed E-state index contributed by atoms with van der Waals surface area (Å²) in [6.45, 7) is 8.11. The number of hydrogen-bond donors (Lipinski definition) is 0. The molecule has 0 spiro atoms. The van der Waals surface area contributed by atoms with E-state index in [1.165, 1.54) is 4.31 Å². The van der Waals surface area contributed by atoms with Crippen LogP contribution >= 0.6 is 0 Å². The van der Waals surface area contributed by atoms with Crippen LogP contribution in [0.3, 0.4) is 0 Å². The minimum atomic E-state index is -3.18. The summed E-state index contributed by atoms with van der Waals surface area (Å²) in [6, 6.07) is 0. The van der Waals surface area contributed by atoms with Gasteiger partial charge in [0.1, 0.15) is 0 Å². The van der Waals surface area contributed by atoms with Crippen molar-refractivity contribution in [2.45, 2.75) is 20.3 Å². The highest BCUT2D eigenvalue weighted by Crippen LogP contribution is 2.02. The fourth-order valence-corrected chi connectivity index (χ4v) is 1.83. The largest absolute Gasteiger partial charge is 0.235 e. The molecule has 3 nitrogen and oxygen atoms in total. The van der Waals surface area contributed by atoms with Crippen LogP contribution in [0.2, 0.25) is 0 Å². The van der Waals surface area contributed by atoms with Crippen LogP contribution in [-0.2, 0) is 10.0 Å². The molecule has 0 amide bonds. The Kier molecular flexibility index (Phi) is 4.37. The molecule has 0 saturated carbocycles. The van der Waals surface area contributed by atoms with Crippen LogP contribution in [-0.4, -0.2) is 25.8 Å². The van der Waals surface area contributed by atoms with Gasteiger partial charge in [0.25, 0.3) is 0 Å². The number of sulfonamides is 1. The van der Waals surface area contributed by atoms with Gasteiger partial charge in [0.05, 0.1) is 0 Å². The monoisotopic (exact) mass is 177 g/mol. The van der Waals surface area contributed by atoms with Gasteiger partial charge in [-0.25, -0.2) is 8.42 Å². The molecule has 0 rings (SSSR count). The molecule has 0 N–H and O–H groups in total. The Morgan fingerprint density at radius 2 is 2.00 bits per heavy atom. The quantitative estimate of drug-likeness (QED) is 0.632. The lowest BCUT2D eigenvalue weighted by atomic mass is 10.5. The lowest BCUT2D eigenvalue weighted by Crippen LogP contribution is -2.29. The van der Waals surface area contributed by atoms with E-state index in [-0.39, 0.29) is 0 Å². The summed E-state index contributed by atoms with van der Waals surface area (Å²) in [7, 11) is -3.18. The zero-order valence-electron chi connectivity index (χ0n) is 7.08. The van der Waals surface area contributed by atoms with Crippen molar-refractivity contribution in [3.05, 3.63) is 12.0 Å². The molecule has 0 aromatic heterocycles. The van der Waals surface area contributed by atoms with Gasteiger partial charge in [-0.1, -0.05) is 20.4 Å². The van der Waals surface area contributed by atoms with Gasteiger partial charge in [-0.3, -0.25) is 0 Å². The standard InChI is InChI=1S/C7H15NO2S/c1-4-7-8(5-2)11(9,10)6-3/h6H,3-5,7H2,1-2H3. The Morgan fingerprint density at radius 3 is 2.27 bits per heavy atom. The second-order valence-corrected chi connectivity index (χ2v) is 4.08. The van der Waals surface area contributed by atoms with Gasteiger partial charge in [-0.15, -0.1) is 0 Å². The van der Waals surface area contributed by atoms with E-state index in [1.807, 2.05) is 13.8 Å². The van der Waals surface area contributed by atoms with E-state index in [9.17, 15) is 8.42 Å².